The number of hydrogen-bond donors (Lipinski definition) is 0. The van der Waals surface area contributed by atoms with Crippen molar-refractivity contribution in [1.82, 2.24) is 0 Å². The summed E-state index contributed by atoms with van der Waals surface area (Å²) >= 11 is -2.79. The van der Waals surface area contributed by atoms with Crippen LogP contribution < -0.4 is 0 Å². The summed E-state index contributed by atoms with van der Waals surface area (Å²) in [4.78, 5) is 0. The summed E-state index contributed by atoms with van der Waals surface area (Å²) in [5, 5.41) is 5.00. The summed E-state index contributed by atoms with van der Waals surface area (Å²) in [7, 11) is 14.7. The zero-order valence-electron chi connectivity index (χ0n) is 31.2. The fourth-order valence-corrected chi connectivity index (χ4v) is 24.5. The predicted molar refractivity (Wildman–Crippen MR) is 235 cm³/mol. The second-order valence-electron chi connectivity index (χ2n) is 15.3. The first-order valence-electron chi connectivity index (χ1n) is 19.4. The van der Waals surface area contributed by atoms with Crippen LogP contribution in [0.1, 0.15) is 57.1 Å². The van der Waals surface area contributed by atoms with Crippen molar-refractivity contribution in [3.8, 4) is 22.3 Å². The SMILES string of the molecule is Cc1ccc(C2=Cc3c(-c4cccc5ccccc45)cccc3C2C[SiH](CC2C(c3ccc(C)o3)=Cc3c(-c4cccc5ccccc45)cccc32)[Zr]([Cl])[Cl])o1. The topological polar surface area (TPSA) is 26.3 Å². The van der Waals surface area contributed by atoms with Crippen LogP contribution in [0, 0.1) is 13.8 Å². The molecule has 2 atom stereocenters. The van der Waals surface area contributed by atoms with Gasteiger partial charge in [0.2, 0.25) is 0 Å². The molecule has 2 aliphatic rings. The molecule has 0 amide bonds. The molecule has 6 aromatic carbocycles. The molecular formula is C50H39Cl2O2SiZr. The van der Waals surface area contributed by atoms with Crippen LogP contribution in [0.15, 0.2) is 154 Å². The Kier molecular flexibility index (Phi) is 9.51. The minimum atomic E-state index is -2.79. The van der Waals surface area contributed by atoms with Crippen molar-refractivity contribution in [2.24, 2.45) is 0 Å². The van der Waals surface area contributed by atoms with Gasteiger partial charge in [0.1, 0.15) is 0 Å². The van der Waals surface area contributed by atoms with Gasteiger partial charge in [-0.05, 0) is 0 Å². The van der Waals surface area contributed by atoms with E-state index in [0.717, 1.165) is 35.1 Å². The van der Waals surface area contributed by atoms with Gasteiger partial charge in [-0.1, -0.05) is 0 Å². The van der Waals surface area contributed by atoms with Gasteiger partial charge in [0.25, 0.3) is 0 Å². The Morgan fingerprint density at radius 2 is 0.893 bits per heavy atom. The molecule has 2 aromatic heterocycles. The molecule has 2 unspecified atom stereocenters. The Bertz CT molecular complexity index is 2660. The summed E-state index contributed by atoms with van der Waals surface area (Å²) in [5.74, 6) is 2.26. The van der Waals surface area contributed by atoms with Gasteiger partial charge in [-0.15, -0.1) is 0 Å². The van der Waals surface area contributed by atoms with Crippen molar-refractivity contribution in [3.05, 3.63) is 191 Å². The Hall–Kier alpha value is -4.44. The maximum atomic E-state index is 7.37. The van der Waals surface area contributed by atoms with Crippen LogP contribution >= 0.6 is 17.0 Å². The molecule has 2 nitrogen and oxygen atoms in total. The van der Waals surface area contributed by atoms with Crippen LogP contribution in [0.4, 0.5) is 0 Å². The van der Waals surface area contributed by atoms with Crippen LogP contribution in [0.25, 0.3) is 67.1 Å². The van der Waals surface area contributed by atoms with Gasteiger partial charge < -0.3 is 0 Å². The molecule has 0 bridgehead atoms. The molecule has 56 heavy (non-hydrogen) atoms. The molecular weight excluding hydrogens is 823 g/mol. The Labute approximate surface area is 343 Å². The van der Waals surface area contributed by atoms with E-state index in [9.17, 15) is 0 Å². The Morgan fingerprint density at radius 1 is 0.482 bits per heavy atom. The van der Waals surface area contributed by atoms with E-state index in [4.69, 9.17) is 25.9 Å². The number of hydrogen-bond acceptors (Lipinski definition) is 2. The van der Waals surface area contributed by atoms with Crippen LogP contribution in [-0.2, 0) is 18.5 Å². The number of furan rings is 2. The molecule has 2 aliphatic carbocycles. The monoisotopic (exact) mass is 859 g/mol. The van der Waals surface area contributed by atoms with Gasteiger partial charge in [0, 0.05) is 0 Å². The number of benzene rings is 6. The zero-order chi connectivity index (χ0) is 37.9. The second-order valence-corrected chi connectivity index (χ2v) is 38.7. The van der Waals surface area contributed by atoms with Gasteiger partial charge in [-0.2, -0.15) is 0 Å². The van der Waals surface area contributed by atoms with Gasteiger partial charge in [-0.25, -0.2) is 0 Å². The summed E-state index contributed by atoms with van der Waals surface area (Å²) in [6, 6.07) is 54.6. The summed E-state index contributed by atoms with van der Waals surface area (Å²) < 4.78 is 12.8. The molecule has 6 heteroatoms. The maximum absolute atomic E-state index is 7.37. The molecule has 2 heterocycles. The van der Waals surface area contributed by atoms with Gasteiger partial charge >= 0.3 is 346 Å². The molecule has 0 spiro atoms. The number of aryl methyl sites for hydroxylation is 2. The minimum absolute atomic E-state index is 0.149. The average molecular weight is 862 g/mol. The quantitative estimate of drug-likeness (QED) is 0.135. The van der Waals surface area contributed by atoms with E-state index >= 15 is 0 Å². The molecule has 10 rings (SSSR count). The van der Waals surface area contributed by atoms with Crippen LogP contribution in [0.3, 0.4) is 0 Å². The second kappa shape index (κ2) is 14.8. The van der Waals surface area contributed by atoms with Crippen LogP contribution in [0.5, 0.6) is 0 Å². The molecule has 0 aliphatic heterocycles. The van der Waals surface area contributed by atoms with Crippen molar-refractivity contribution in [2.75, 3.05) is 0 Å². The first kappa shape index (κ1) is 35.9. The number of fused-ring (bicyclic) bond motifs is 4. The van der Waals surface area contributed by atoms with E-state index in [1.807, 2.05) is 13.8 Å². The number of allylic oxidation sites excluding steroid dienone is 2. The first-order valence-corrected chi connectivity index (χ1v) is 32.2. The van der Waals surface area contributed by atoms with E-state index < -0.39 is 24.4 Å². The van der Waals surface area contributed by atoms with Crippen molar-refractivity contribution >= 4 is 67.8 Å². The fourth-order valence-electron chi connectivity index (χ4n) is 9.35. The zero-order valence-corrected chi connectivity index (χ0v) is 36.4. The van der Waals surface area contributed by atoms with E-state index in [1.54, 1.807) is 0 Å². The predicted octanol–water partition coefficient (Wildman–Crippen LogP) is 14.8. The van der Waals surface area contributed by atoms with E-state index in [1.165, 1.54) is 77.2 Å². The normalized spacial score (nSPS) is 16.5. The van der Waals surface area contributed by atoms with Gasteiger partial charge in [0.15, 0.2) is 0 Å². The standard InChI is InChI=1S/C50H39O2Si.2ClH.Zr/c1-31-23-25-49(51-31)45-27-43-39(37-17-7-13-33-11-3-5-15-35(33)37)19-9-21-41(43)47(45)29-53-30-48-42-22-10-20-40(38-18-8-14-34-12-4-6-16-36(34)38)44(42)28-46(48)50-26-24-32(2)52-50;;;/h3-28,47-48,53H,29-30H2,1-2H3;2*1H;/q;;;+2/p-2. The van der Waals surface area contributed by atoms with Crippen LogP contribution in [-0.4, -0.2) is 5.92 Å². The van der Waals surface area contributed by atoms with Crippen molar-refractivity contribution in [1.29, 1.82) is 0 Å². The third-order valence-corrected chi connectivity index (χ3v) is 33.6. The molecule has 0 saturated heterocycles. The van der Waals surface area contributed by atoms with E-state index in [2.05, 4.69) is 158 Å². The summed E-state index contributed by atoms with van der Waals surface area (Å²) in [6.45, 7) is 4.05. The molecule has 0 fully saturated rings. The summed E-state index contributed by atoms with van der Waals surface area (Å²) in [6.07, 6.45) is 4.79. The van der Waals surface area contributed by atoms with Gasteiger partial charge in [0.05, 0.1) is 0 Å². The van der Waals surface area contributed by atoms with Crippen molar-refractivity contribution < 1.29 is 27.4 Å². The Morgan fingerprint density at radius 3 is 1.32 bits per heavy atom. The van der Waals surface area contributed by atoms with Crippen molar-refractivity contribution in [2.45, 2.75) is 37.8 Å². The number of halogens is 2. The summed E-state index contributed by atoms with van der Waals surface area (Å²) in [5.41, 5.74) is 12.7. The first-order chi connectivity index (χ1) is 27.4. The molecule has 273 valence electrons. The molecule has 0 radical (unpaired) electrons. The van der Waals surface area contributed by atoms with Gasteiger partial charge in [-0.3, -0.25) is 0 Å². The van der Waals surface area contributed by atoms with Crippen molar-refractivity contribution in [3.63, 3.8) is 0 Å². The fraction of sp³-hybridized carbons (Fsp3) is 0.120. The van der Waals surface area contributed by atoms with E-state index in [-0.39, 0.29) is 11.8 Å². The van der Waals surface area contributed by atoms with E-state index in [0.29, 0.717) is 0 Å². The molecule has 8 aromatic rings. The third-order valence-electron chi connectivity index (χ3n) is 11.9. The number of rotatable bonds is 9. The molecule has 0 saturated carbocycles. The third kappa shape index (κ3) is 6.36. The van der Waals surface area contributed by atoms with Crippen LogP contribution in [0.2, 0.25) is 12.1 Å². The molecule has 0 N–H and O–H groups in total. The Balaban J connectivity index is 1.07. The average Bonchev–Trinajstić information content (AvgIpc) is 4.02.